The lowest BCUT2D eigenvalue weighted by molar-refractivity contribution is -0.133. The average molecular weight is 379 g/mol. The van der Waals surface area contributed by atoms with Crippen LogP contribution < -0.4 is 0 Å². The van der Waals surface area contributed by atoms with Crippen molar-refractivity contribution >= 4 is 40.3 Å². The Kier molecular flexibility index (Phi) is 4.17. The topological polar surface area (TPSA) is 68.0 Å². The molecule has 0 saturated carbocycles. The van der Waals surface area contributed by atoms with Gasteiger partial charge in [-0.3, -0.25) is 9.36 Å². The Hall–Kier alpha value is -1.16. The lowest BCUT2D eigenvalue weighted by Gasteiger charge is -2.07. The molecule has 2 aromatic rings. The molecule has 0 atom stereocenters. The fraction of sp³-hybridized carbons (Fsp3) is 0.100. The van der Waals surface area contributed by atoms with Gasteiger partial charge in [-0.15, -0.1) is 10.2 Å². The Morgan fingerprint density at radius 1 is 1.56 bits per heavy atom. The van der Waals surface area contributed by atoms with Crippen LogP contribution in [0.15, 0.2) is 29.7 Å². The van der Waals surface area contributed by atoms with E-state index in [1.807, 2.05) is 22.6 Å². The molecule has 1 heterocycles. The number of aromatic nitrogens is 3. The molecular weight excluding hydrogens is 372 g/mol. The molecule has 0 radical (unpaired) electrons. The summed E-state index contributed by atoms with van der Waals surface area (Å²) in [5.41, 5.74) is 0.717. The van der Waals surface area contributed by atoms with Crippen molar-refractivity contribution in [3.05, 3.63) is 33.9 Å². The zero-order valence-electron chi connectivity index (χ0n) is 8.88. The van der Waals surface area contributed by atoms with Gasteiger partial charge in [0.25, 0.3) is 0 Å². The number of aliphatic carboxylic acids is 1. The maximum Gasteiger partial charge on any atom is 0.313 e. The Morgan fingerprint density at radius 3 is 3.00 bits per heavy atom. The summed E-state index contributed by atoms with van der Waals surface area (Å²) >= 11 is 3.07. The monoisotopic (exact) mass is 379 g/mol. The molecule has 0 aliphatic heterocycles. The number of benzene rings is 1. The maximum atomic E-state index is 13.0. The molecule has 0 fully saturated rings. The van der Waals surface area contributed by atoms with Crippen LogP contribution in [0.5, 0.6) is 0 Å². The second kappa shape index (κ2) is 5.65. The summed E-state index contributed by atoms with van der Waals surface area (Å²) < 4.78 is 15.3. The zero-order valence-corrected chi connectivity index (χ0v) is 11.9. The highest BCUT2D eigenvalue weighted by molar-refractivity contribution is 14.1. The van der Waals surface area contributed by atoms with Crippen molar-refractivity contribution in [3.8, 4) is 5.69 Å². The van der Waals surface area contributed by atoms with E-state index in [1.165, 1.54) is 18.5 Å². The number of hydrogen-bond donors (Lipinski definition) is 1. The van der Waals surface area contributed by atoms with Crippen molar-refractivity contribution in [2.24, 2.45) is 0 Å². The highest BCUT2D eigenvalue weighted by Crippen LogP contribution is 2.23. The largest absolute Gasteiger partial charge is 0.481 e. The molecule has 0 amide bonds. The van der Waals surface area contributed by atoms with E-state index >= 15 is 0 Å². The SMILES string of the molecule is O=C(O)CSc1nncn1-c1ccc(F)cc1I. The maximum absolute atomic E-state index is 13.0. The van der Waals surface area contributed by atoms with Gasteiger partial charge in [-0.05, 0) is 40.8 Å². The molecule has 0 saturated heterocycles. The second-order valence-electron chi connectivity index (χ2n) is 3.26. The van der Waals surface area contributed by atoms with Crippen LogP contribution in [0.25, 0.3) is 5.69 Å². The molecule has 0 unspecified atom stereocenters. The van der Waals surface area contributed by atoms with Gasteiger partial charge in [0.2, 0.25) is 0 Å². The molecule has 0 bridgehead atoms. The minimum atomic E-state index is -0.927. The van der Waals surface area contributed by atoms with E-state index < -0.39 is 5.97 Å². The molecule has 8 heteroatoms. The van der Waals surface area contributed by atoms with E-state index in [4.69, 9.17) is 5.11 Å². The fourth-order valence-corrected chi connectivity index (χ4v) is 2.67. The van der Waals surface area contributed by atoms with Crippen LogP contribution in [0.2, 0.25) is 0 Å². The Balaban J connectivity index is 2.33. The number of nitrogens with zero attached hydrogens (tertiary/aromatic N) is 3. The highest BCUT2D eigenvalue weighted by Gasteiger charge is 2.11. The van der Waals surface area contributed by atoms with Crippen molar-refractivity contribution in [2.45, 2.75) is 5.16 Å². The molecule has 0 spiro atoms. The molecule has 2 rings (SSSR count). The van der Waals surface area contributed by atoms with Crippen LogP contribution in [-0.2, 0) is 4.79 Å². The second-order valence-corrected chi connectivity index (χ2v) is 5.37. The molecule has 0 aliphatic carbocycles. The number of thioether (sulfide) groups is 1. The summed E-state index contributed by atoms with van der Waals surface area (Å²) in [5, 5.41) is 16.7. The number of carboxylic acids is 1. The van der Waals surface area contributed by atoms with Gasteiger partial charge in [-0.25, -0.2) is 4.39 Å². The number of carboxylic acid groups (broad SMARTS) is 1. The smallest absolute Gasteiger partial charge is 0.313 e. The highest BCUT2D eigenvalue weighted by atomic mass is 127. The van der Waals surface area contributed by atoms with Gasteiger partial charge in [0.05, 0.1) is 11.4 Å². The summed E-state index contributed by atoms with van der Waals surface area (Å²) in [6.45, 7) is 0. The first-order chi connectivity index (χ1) is 8.58. The summed E-state index contributed by atoms with van der Waals surface area (Å²) in [7, 11) is 0. The van der Waals surface area contributed by atoms with Crippen LogP contribution in [0.1, 0.15) is 0 Å². The Morgan fingerprint density at radius 2 is 2.33 bits per heavy atom. The summed E-state index contributed by atoms with van der Waals surface area (Å²) in [5.74, 6) is -1.35. The van der Waals surface area contributed by atoms with Gasteiger partial charge < -0.3 is 5.11 Å². The van der Waals surface area contributed by atoms with Gasteiger partial charge in [0, 0.05) is 3.57 Å². The zero-order chi connectivity index (χ0) is 13.1. The van der Waals surface area contributed by atoms with E-state index in [2.05, 4.69) is 10.2 Å². The third-order valence-electron chi connectivity index (χ3n) is 2.01. The molecule has 0 aliphatic rings. The van der Waals surface area contributed by atoms with Crippen LogP contribution in [0.4, 0.5) is 4.39 Å². The molecule has 1 aromatic heterocycles. The van der Waals surface area contributed by atoms with E-state index in [-0.39, 0.29) is 11.6 Å². The molecule has 94 valence electrons. The number of carbonyl (C=O) groups is 1. The van der Waals surface area contributed by atoms with Crippen molar-refractivity contribution in [3.63, 3.8) is 0 Å². The third kappa shape index (κ3) is 2.99. The number of rotatable bonds is 4. The normalized spacial score (nSPS) is 10.6. The molecule has 5 nitrogen and oxygen atoms in total. The summed E-state index contributed by atoms with van der Waals surface area (Å²) in [6.07, 6.45) is 1.47. The number of halogens is 2. The van der Waals surface area contributed by atoms with Crippen LogP contribution in [-0.4, -0.2) is 31.6 Å². The van der Waals surface area contributed by atoms with Crippen LogP contribution in [0, 0.1) is 9.39 Å². The van der Waals surface area contributed by atoms with Gasteiger partial charge in [0.1, 0.15) is 12.1 Å². The Labute approximate surface area is 120 Å². The van der Waals surface area contributed by atoms with Crippen molar-refractivity contribution in [1.82, 2.24) is 14.8 Å². The third-order valence-corrected chi connectivity index (χ3v) is 3.80. The fourth-order valence-electron chi connectivity index (χ4n) is 1.29. The Bertz CT molecular complexity index is 590. The predicted molar refractivity (Wildman–Crippen MR) is 72.4 cm³/mol. The van der Waals surface area contributed by atoms with Gasteiger partial charge in [-0.2, -0.15) is 0 Å². The van der Waals surface area contributed by atoms with Crippen molar-refractivity contribution in [2.75, 3.05) is 5.75 Å². The summed E-state index contributed by atoms with van der Waals surface area (Å²) in [4.78, 5) is 10.5. The van der Waals surface area contributed by atoms with Gasteiger partial charge >= 0.3 is 5.97 Å². The van der Waals surface area contributed by atoms with E-state index in [9.17, 15) is 9.18 Å². The van der Waals surface area contributed by atoms with Gasteiger partial charge in [-0.1, -0.05) is 11.8 Å². The first-order valence-electron chi connectivity index (χ1n) is 4.78. The lowest BCUT2D eigenvalue weighted by Crippen LogP contribution is -2.02. The molecular formula is C10H7FIN3O2S. The average Bonchev–Trinajstić information content (AvgIpc) is 2.74. The van der Waals surface area contributed by atoms with Crippen LogP contribution >= 0.6 is 34.4 Å². The van der Waals surface area contributed by atoms with E-state index in [1.54, 1.807) is 10.6 Å². The van der Waals surface area contributed by atoms with Crippen molar-refractivity contribution in [1.29, 1.82) is 0 Å². The first-order valence-corrected chi connectivity index (χ1v) is 6.84. The molecule has 18 heavy (non-hydrogen) atoms. The molecule has 1 aromatic carbocycles. The lowest BCUT2D eigenvalue weighted by atomic mass is 10.3. The standard InChI is InChI=1S/C10H7FIN3O2S/c11-6-1-2-8(7(12)3-6)15-5-13-14-10(15)18-4-9(16)17/h1-3,5H,4H2,(H,16,17). The first kappa shape index (κ1) is 13.3. The van der Waals surface area contributed by atoms with Crippen LogP contribution in [0.3, 0.4) is 0 Å². The van der Waals surface area contributed by atoms with Gasteiger partial charge in [0.15, 0.2) is 5.16 Å². The predicted octanol–water partition coefficient (Wildman–Crippen LogP) is 2.19. The van der Waals surface area contributed by atoms with E-state index in [0.717, 1.165) is 17.4 Å². The summed E-state index contributed by atoms with van der Waals surface area (Å²) in [6, 6.07) is 4.33. The minimum Gasteiger partial charge on any atom is -0.481 e. The molecule has 1 N–H and O–H groups in total. The quantitative estimate of drug-likeness (QED) is 0.652. The number of hydrogen-bond acceptors (Lipinski definition) is 4. The minimum absolute atomic E-state index is 0.101. The van der Waals surface area contributed by atoms with Crippen molar-refractivity contribution < 1.29 is 14.3 Å². The van der Waals surface area contributed by atoms with E-state index in [0.29, 0.717) is 8.73 Å².